The average Bonchev–Trinajstić information content (AvgIpc) is 3.06. The summed E-state index contributed by atoms with van der Waals surface area (Å²) in [6.45, 7) is 9.17. The first-order chi connectivity index (χ1) is 15.8. The quantitative estimate of drug-likeness (QED) is 0.382. The second-order valence-electron chi connectivity index (χ2n) is 8.48. The van der Waals surface area contributed by atoms with Crippen LogP contribution in [0.5, 0.6) is 0 Å². The van der Waals surface area contributed by atoms with Gasteiger partial charge in [-0.25, -0.2) is 0 Å². The number of nitrogens with zero attached hydrogens (tertiary/aromatic N) is 4. The third-order valence-electron chi connectivity index (χ3n) is 6.47. The maximum absolute atomic E-state index is 13.3. The molecule has 33 heavy (non-hydrogen) atoms. The molecule has 0 aromatic heterocycles. The zero-order valence-corrected chi connectivity index (χ0v) is 19.2. The summed E-state index contributed by atoms with van der Waals surface area (Å²) in [5.74, 6) is -0.613. The molecule has 1 saturated heterocycles. The van der Waals surface area contributed by atoms with Crippen LogP contribution in [0.2, 0.25) is 0 Å². The Labute approximate surface area is 193 Å². The van der Waals surface area contributed by atoms with Gasteiger partial charge in [-0.1, -0.05) is 19.1 Å². The lowest BCUT2D eigenvalue weighted by Crippen LogP contribution is -2.48. The molecule has 2 aromatic carbocycles. The highest BCUT2D eigenvalue weighted by molar-refractivity contribution is 6.35. The van der Waals surface area contributed by atoms with Crippen LogP contribution in [0, 0.1) is 24.0 Å². The maximum Gasteiger partial charge on any atom is 0.277 e. The summed E-state index contributed by atoms with van der Waals surface area (Å²) < 4.78 is 0. The number of carbonyl (C=O) groups excluding carboxylic acids is 2. The SMILES string of the molecule is CCCN1C(=O)C(c2ccc([N+](=O)[O-])cc2)=C(N2CCN(c3cccc(C)c3C)CC2)C1=O. The van der Waals surface area contributed by atoms with Crippen molar-refractivity contribution in [1.82, 2.24) is 9.80 Å². The lowest BCUT2D eigenvalue weighted by atomic mass is 10.0. The Morgan fingerprint density at radius 2 is 1.55 bits per heavy atom. The Balaban J connectivity index is 1.65. The van der Waals surface area contributed by atoms with E-state index in [9.17, 15) is 19.7 Å². The van der Waals surface area contributed by atoms with Crippen LogP contribution < -0.4 is 4.90 Å². The number of benzene rings is 2. The Hall–Kier alpha value is -3.68. The van der Waals surface area contributed by atoms with Crippen molar-refractivity contribution in [3.8, 4) is 0 Å². The van der Waals surface area contributed by atoms with Gasteiger partial charge >= 0.3 is 0 Å². The molecule has 0 saturated carbocycles. The minimum absolute atomic E-state index is 0.0507. The van der Waals surface area contributed by atoms with Gasteiger partial charge in [-0.05, 0) is 55.2 Å². The van der Waals surface area contributed by atoms with Gasteiger partial charge in [0.1, 0.15) is 5.70 Å². The molecular formula is C25H28N4O4. The summed E-state index contributed by atoms with van der Waals surface area (Å²) in [4.78, 5) is 42.7. The van der Waals surface area contributed by atoms with Gasteiger partial charge < -0.3 is 9.80 Å². The molecule has 8 heteroatoms. The van der Waals surface area contributed by atoms with Crippen molar-refractivity contribution in [1.29, 1.82) is 0 Å². The Kier molecular flexibility index (Phi) is 6.18. The van der Waals surface area contributed by atoms with Crippen molar-refractivity contribution in [2.75, 3.05) is 37.6 Å². The first-order valence-corrected chi connectivity index (χ1v) is 11.2. The number of nitro groups is 1. The van der Waals surface area contributed by atoms with Crippen molar-refractivity contribution in [2.24, 2.45) is 0 Å². The molecule has 0 unspecified atom stereocenters. The van der Waals surface area contributed by atoms with E-state index < -0.39 is 4.92 Å². The van der Waals surface area contributed by atoms with Gasteiger partial charge in [0.05, 0.1) is 10.5 Å². The van der Waals surface area contributed by atoms with Crippen LogP contribution in [0.4, 0.5) is 11.4 Å². The third kappa shape index (κ3) is 4.08. The van der Waals surface area contributed by atoms with Crippen LogP contribution in [0.3, 0.4) is 0 Å². The highest BCUT2D eigenvalue weighted by Gasteiger charge is 2.41. The van der Waals surface area contributed by atoms with Crippen LogP contribution in [0.1, 0.15) is 30.0 Å². The average molecular weight is 449 g/mol. The molecule has 0 spiro atoms. The smallest absolute Gasteiger partial charge is 0.277 e. The summed E-state index contributed by atoms with van der Waals surface area (Å²) in [6.07, 6.45) is 0.665. The predicted molar refractivity (Wildman–Crippen MR) is 127 cm³/mol. The van der Waals surface area contributed by atoms with Gasteiger partial charge in [-0.2, -0.15) is 0 Å². The van der Waals surface area contributed by atoms with E-state index in [1.807, 2.05) is 11.8 Å². The number of hydrogen-bond acceptors (Lipinski definition) is 6. The van der Waals surface area contributed by atoms with Crippen molar-refractivity contribution < 1.29 is 14.5 Å². The van der Waals surface area contributed by atoms with Crippen molar-refractivity contribution in [3.05, 3.63) is 75.0 Å². The van der Waals surface area contributed by atoms with Crippen molar-refractivity contribution in [2.45, 2.75) is 27.2 Å². The summed E-state index contributed by atoms with van der Waals surface area (Å²) in [6, 6.07) is 12.1. The Morgan fingerprint density at radius 3 is 2.15 bits per heavy atom. The molecule has 172 valence electrons. The summed E-state index contributed by atoms with van der Waals surface area (Å²) in [7, 11) is 0. The molecule has 1 fully saturated rings. The number of carbonyl (C=O) groups is 2. The molecule has 0 atom stereocenters. The Bertz CT molecular complexity index is 1130. The van der Waals surface area contributed by atoms with E-state index in [0.717, 1.165) is 13.1 Å². The molecule has 0 radical (unpaired) electrons. The molecule has 4 rings (SSSR count). The number of rotatable bonds is 6. The van der Waals surface area contributed by atoms with Gasteiger partial charge in [0.25, 0.3) is 17.5 Å². The van der Waals surface area contributed by atoms with E-state index in [4.69, 9.17) is 0 Å². The monoisotopic (exact) mass is 448 g/mol. The second kappa shape index (κ2) is 9.05. The molecule has 2 aliphatic rings. The summed E-state index contributed by atoms with van der Waals surface area (Å²) in [5.41, 5.74) is 4.91. The predicted octanol–water partition coefficient (Wildman–Crippen LogP) is 3.52. The summed E-state index contributed by atoms with van der Waals surface area (Å²) in [5, 5.41) is 11.0. The molecular weight excluding hydrogens is 420 g/mol. The first-order valence-electron chi connectivity index (χ1n) is 11.2. The third-order valence-corrected chi connectivity index (χ3v) is 6.47. The van der Waals surface area contributed by atoms with E-state index in [2.05, 4.69) is 36.9 Å². The van der Waals surface area contributed by atoms with E-state index in [0.29, 0.717) is 42.9 Å². The lowest BCUT2D eigenvalue weighted by Gasteiger charge is -2.38. The number of piperazine rings is 1. The van der Waals surface area contributed by atoms with Crippen LogP contribution in [-0.2, 0) is 9.59 Å². The van der Waals surface area contributed by atoms with Gasteiger partial charge in [0.15, 0.2) is 0 Å². The number of aryl methyl sites for hydroxylation is 1. The molecule has 0 bridgehead atoms. The molecule has 2 amide bonds. The number of anilines is 1. The molecule has 2 heterocycles. The largest absolute Gasteiger partial charge is 0.368 e. The van der Waals surface area contributed by atoms with Crippen molar-refractivity contribution >= 4 is 28.8 Å². The normalized spacial score (nSPS) is 16.8. The number of amides is 2. The van der Waals surface area contributed by atoms with Crippen LogP contribution in [0.15, 0.2) is 48.2 Å². The minimum Gasteiger partial charge on any atom is -0.368 e. The fourth-order valence-corrected chi connectivity index (χ4v) is 4.54. The van der Waals surface area contributed by atoms with E-state index >= 15 is 0 Å². The number of nitro benzene ring substituents is 1. The molecule has 0 N–H and O–H groups in total. The number of hydrogen-bond donors (Lipinski definition) is 0. The maximum atomic E-state index is 13.3. The van der Waals surface area contributed by atoms with Crippen LogP contribution in [-0.4, -0.2) is 59.3 Å². The molecule has 2 aromatic rings. The van der Waals surface area contributed by atoms with Gasteiger partial charge in [0.2, 0.25) is 0 Å². The zero-order valence-electron chi connectivity index (χ0n) is 19.2. The van der Waals surface area contributed by atoms with E-state index in [1.165, 1.54) is 33.8 Å². The lowest BCUT2D eigenvalue weighted by molar-refractivity contribution is -0.384. The van der Waals surface area contributed by atoms with Crippen molar-refractivity contribution in [3.63, 3.8) is 0 Å². The van der Waals surface area contributed by atoms with E-state index in [1.54, 1.807) is 12.1 Å². The topological polar surface area (TPSA) is 87.0 Å². The minimum atomic E-state index is -0.476. The number of imide groups is 1. The van der Waals surface area contributed by atoms with Crippen LogP contribution >= 0.6 is 0 Å². The van der Waals surface area contributed by atoms with Crippen LogP contribution in [0.25, 0.3) is 5.57 Å². The fraction of sp³-hybridized carbons (Fsp3) is 0.360. The van der Waals surface area contributed by atoms with Gasteiger partial charge in [-0.3, -0.25) is 24.6 Å². The zero-order chi connectivity index (χ0) is 23.7. The Morgan fingerprint density at radius 1 is 0.909 bits per heavy atom. The number of non-ortho nitro benzene ring substituents is 1. The van der Waals surface area contributed by atoms with E-state index in [-0.39, 0.29) is 17.5 Å². The highest BCUT2D eigenvalue weighted by atomic mass is 16.6. The molecule has 8 nitrogen and oxygen atoms in total. The highest BCUT2D eigenvalue weighted by Crippen LogP contribution is 2.34. The molecule has 2 aliphatic heterocycles. The first kappa shape index (κ1) is 22.5. The second-order valence-corrected chi connectivity index (χ2v) is 8.48. The molecule has 0 aliphatic carbocycles. The fourth-order valence-electron chi connectivity index (χ4n) is 4.54. The van der Waals surface area contributed by atoms with Gasteiger partial charge in [0, 0.05) is 50.5 Å². The standard InChI is InChI=1S/C25H28N4O4/c1-4-12-28-24(30)22(19-8-10-20(11-9-19)29(32)33)23(25(28)31)27-15-13-26(14-16-27)21-7-5-6-17(2)18(21)3/h5-11H,4,12-16H2,1-3H3. The van der Waals surface area contributed by atoms with Gasteiger partial charge in [-0.15, -0.1) is 0 Å². The summed E-state index contributed by atoms with van der Waals surface area (Å²) >= 11 is 0.